The van der Waals surface area contributed by atoms with Crippen molar-refractivity contribution >= 4 is 38.9 Å². The first-order chi connectivity index (χ1) is 25.6. The first-order valence-electron chi connectivity index (χ1n) is 17.7. The molecule has 0 fully saturated rings. The minimum absolute atomic E-state index is 0.784. The van der Waals surface area contributed by atoms with Crippen LogP contribution in [0.1, 0.15) is 18.9 Å². The maximum atomic E-state index is 6.52. The van der Waals surface area contributed by atoms with Crippen molar-refractivity contribution in [2.24, 2.45) is 0 Å². The fourth-order valence-electron chi connectivity index (χ4n) is 6.53. The van der Waals surface area contributed by atoms with E-state index in [1.54, 1.807) is 0 Å². The summed E-state index contributed by atoms with van der Waals surface area (Å²) in [7, 11) is 0. The summed E-state index contributed by atoms with van der Waals surface area (Å²) in [4.78, 5) is 2.19. The minimum Gasteiger partial charge on any atom is -0.454 e. The Bertz CT molecular complexity index is 2460. The molecule has 252 valence electrons. The third-order valence-electron chi connectivity index (χ3n) is 9.29. The maximum Gasteiger partial charge on any atom is 0.159 e. The van der Waals surface area contributed by atoms with E-state index in [4.69, 9.17) is 4.42 Å². The monoisotopic (exact) mass is 671 g/mol. The second kappa shape index (κ2) is 15.9. The van der Waals surface area contributed by atoms with Gasteiger partial charge in [-0.3, -0.25) is 0 Å². The molecule has 2 heteroatoms. The summed E-state index contributed by atoms with van der Waals surface area (Å²) in [6, 6.07) is 52.7. The van der Waals surface area contributed by atoms with Crippen LogP contribution < -0.4 is 4.90 Å². The number of anilines is 2. The van der Waals surface area contributed by atoms with Crippen LogP contribution >= 0.6 is 0 Å². The Morgan fingerprint density at radius 1 is 0.654 bits per heavy atom. The van der Waals surface area contributed by atoms with Crippen LogP contribution in [-0.2, 0) is 0 Å². The number of hydrogen-bond acceptors (Lipinski definition) is 2. The minimum atomic E-state index is 0.784. The Hall–Kier alpha value is -6.64. The van der Waals surface area contributed by atoms with Gasteiger partial charge >= 0.3 is 0 Å². The van der Waals surface area contributed by atoms with Crippen molar-refractivity contribution in [2.75, 3.05) is 4.90 Å². The number of nitrogens with zero attached hydrogens (tertiary/aromatic N) is 1. The molecule has 0 saturated carbocycles. The smallest absolute Gasteiger partial charge is 0.159 e. The molecule has 0 spiro atoms. The number of hydrogen-bond donors (Lipinski definition) is 0. The van der Waals surface area contributed by atoms with Crippen molar-refractivity contribution in [1.29, 1.82) is 0 Å². The van der Waals surface area contributed by atoms with E-state index in [0.29, 0.717) is 0 Å². The van der Waals surface area contributed by atoms with Crippen molar-refractivity contribution in [2.45, 2.75) is 13.3 Å². The standard InChI is InChI=1S/C50H41NO/c1-4-38(18-12-13-19-39(5-2)40-20-8-6-9-21-40)31-30-37(3)51(48-28-17-27-47-46-26-14-15-29-49(46)52-50(47)48)45-34-32-42(33-35-45)44-25-16-24-43(36-44)41-22-10-7-11-23-41/h4-17,19-36H,2-3,18H2,1H3/b13-12-,31-30-,38-4-,39-19+. The van der Waals surface area contributed by atoms with Crippen molar-refractivity contribution in [3.63, 3.8) is 0 Å². The highest BCUT2D eigenvalue weighted by molar-refractivity contribution is 6.09. The molecule has 0 aliphatic heterocycles. The van der Waals surface area contributed by atoms with Gasteiger partial charge in [0.25, 0.3) is 0 Å². The first-order valence-corrected chi connectivity index (χ1v) is 17.7. The molecular formula is C50H41NO. The van der Waals surface area contributed by atoms with Gasteiger partial charge in [0.2, 0.25) is 0 Å². The van der Waals surface area contributed by atoms with Gasteiger partial charge in [-0.1, -0.05) is 171 Å². The van der Waals surface area contributed by atoms with E-state index in [1.165, 1.54) is 22.3 Å². The Labute approximate surface area is 307 Å². The van der Waals surface area contributed by atoms with Gasteiger partial charge in [0.05, 0.1) is 5.69 Å². The molecule has 2 nitrogen and oxygen atoms in total. The lowest BCUT2D eigenvalue weighted by atomic mass is 9.99. The molecule has 0 aliphatic carbocycles. The fraction of sp³-hybridized carbons (Fsp3) is 0.0400. The van der Waals surface area contributed by atoms with E-state index in [2.05, 4.69) is 177 Å². The molecule has 7 aromatic rings. The van der Waals surface area contributed by atoms with Gasteiger partial charge in [-0.05, 0) is 88.7 Å². The van der Waals surface area contributed by atoms with Crippen LogP contribution in [-0.4, -0.2) is 0 Å². The molecule has 0 radical (unpaired) electrons. The highest BCUT2D eigenvalue weighted by Gasteiger charge is 2.19. The molecule has 0 bridgehead atoms. The van der Waals surface area contributed by atoms with Crippen LogP contribution in [0.15, 0.2) is 223 Å². The van der Waals surface area contributed by atoms with Gasteiger partial charge in [0.15, 0.2) is 5.58 Å². The molecule has 7 rings (SSSR count). The largest absolute Gasteiger partial charge is 0.454 e. The van der Waals surface area contributed by atoms with Gasteiger partial charge in [0, 0.05) is 22.2 Å². The predicted octanol–water partition coefficient (Wildman–Crippen LogP) is 14.3. The number of rotatable bonds is 12. The van der Waals surface area contributed by atoms with E-state index in [9.17, 15) is 0 Å². The van der Waals surface area contributed by atoms with Crippen molar-refractivity contribution in [3.05, 3.63) is 224 Å². The lowest BCUT2D eigenvalue weighted by molar-refractivity contribution is 0.669. The van der Waals surface area contributed by atoms with Gasteiger partial charge in [-0.25, -0.2) is 0 Å². The molecule has 0 amide bonds. The van der Waals surface area contributed by atoms with Crippen LogP contribution in [0.4, 0.5) is 11.4 Å². The summed E-state index contributed by atoms with van der Waals surface area (Å²) in [6.07, 6.45) is 15.4. The zero-order chi connectivity index (χ0) is 35.7. The lowest BCUT2D eigenvalue weighted by Crippen LogP contribution is -2.14. The molecule has 0 aliphatic rings. The van der Waals surface area contributed by atoms with E-state index in [-0.39, 0.29) is 0 Å². The summed E-state index contributed by atoms with van der Waals surface area (Å²) in [6.45, 7) is 10.7. The van der Waals surface area contributed by atoms with Crippen LogP contribution in [0.2, 0.25) is 0 Å². The summed E-state index contributed by atoms with van der Waals surface area (Å²) in [5.74, 6) is 0. The predicted molar refractivity (Wildman–Crippen MR) is 224 cm³/mol. The summed E-state index contributed by atoms with van der Waals surface area (Å²) >= 11 is 0. The Morgan fingerprint density at radius 2 is 1.29 bits per heavy atom. The zero-order valence-electron chi connectivity index (χ0n) is 29.5. The second-order valence-corrected chi connectivity index (χ2v) is 12.6. The van der Waals surface area contributed by atoms with Crippen LogP contribution in [0.5, 0.6) is 0 Å². The Morgan fingerprint density at radius 3 is 2.02 bits per heavy atom. The number of benzene rings is 6. The molecule has 1 aromatic heterocycles. The summed E-state index contributed by atoms with van der Waals surface area (Å²) < 4.78 is 6.52. The molecule has 0 N–H and O–H groups in total. The van der Waals surface area contributed by atoms with Gasteiger partial charge in [-0.2, -0.15) is 0 Å². The van der Waals surface area contributed by atoms with E-state index >= 15 is 0 Å². The van der Waals surface area contributed by atoms with E-state index in [0.717, 1.165) is 62.1 Å². The van der Waals surface area contributed by atoms with Gasteiger partial charge < -0.3 is 9.32 Å². The Balaban J connectivity index is 1.20. The molecule has 52 heavy (non-hydrogen) atoms. The van der Waals surface area contributed by atoms with Crippen molar-refractivity contribution in [1.82, 2.24) is 0 Å². The molecule has 0 saturated heterocycles. The highest BCUT2D eigenvalue weighted by atomic mass is 16.3. The van der Waals surface area contributed by atoms with Crippen LogP contribution in [0.3, 0.4) is 0 Å². The molecular weight excluding hydrogens is 631 g/mol. The van der Waals surface area contributed by atoms with E-state index in [1.807, 2.05) is 42.5 Å². The number of allylic oxidation sites excluding steroid dienone is 9. The summed E-state index contributed by atoms with van der Waals surface area (Å²) in [5.41, 5.74) is 12.6. The third kappa shape index (κ3) is 7.43. The fourth-order valence-corrected chi connectivity index (χ4v) is 6.53. The second-order valence-electron chi connectivity index (χ2n) is 12.6. The first kappa shape index (κ1) is 33.8. The molecule has 0 atom stereocenters. The number of para-hydroxylation sites is 2. The SMILES string of the molecule is C=C/C(=C\C=C/CC(/C=C\C(=C)N(c1ccc(-c2cccc(-c3ccccc3)c2)cc1)c1cccc2c1oc1ccccc12)=C/C)c1ccccc1. The average molecular weight is 672 g/mol. The van der Waals surface area contributed by atoms with Gasteiger partial charge in [-0.15, -0.1) is 0 Å². The molecule has 0 unspecified atom stereocenters. The summed E-state index contributed by atoms with van der Waals surface area (Å²) in [5, 5.41) is 2.17. The number of furan rings is 1. The highest BCUT2D eigenvalue weighted by Crippen LogP contribution is 2.40. The third-order valence-corrected chi connectivity index (χ3v) is 9.29. The molecule has 1 heterocycles. The van der Waals surface area contributed by atoms with E-state index < -0.39 is 0 Å². The quantitative estimate of drug-likeness (QED) is 0.120. The van der Waals surface area contributed by atoms with Crippen molar-refractivity contribution < 1.29 is 4.42 Å². The Kier molecular flexibility index (Phi) is 10.4. The topological polar surface area (TPSA) is 16.4 Å². The maximum absolute atomic E-state index is 6.52. The van der Waals surface area contributed by atoms with Crippen LogP contribution in [0.25, 0.3) is 49.8 Å². The number of fused-ring (bicyclic) bond motifs is 3. The average Bonchev–Trinajstić information content (AvgIpc) is 3.60. The molecule has 6 aromatic carbocycles. The van der Waals surface area contributed by atoms with Gasteiger partial charge in [0.1, 0.15) is 5.58 Å². The van der Waals surface area contributed by atoms with Crippen molar-refractivity contribution in [3.8, 4) is 22.3 Å². The zero-order valence-corrected chi connectivity index (χ0v) is 29.5. The van der Waals surface area contributed by atoms with Crippen LogP contribution in [0, 0.1) is 0 Å². The normalized spacial score (nSPS) is 12.2. The lowest BCUT2D eigenvalue weighted by Gasteiger charge is -2.26.